The highest BCUT2D eigenvalue weighted by Crippen LogP contribution is 2.40. The zero-order chi connectivity index (χ0) is 14.2. The van der Waals surface area contributed by atoms with Crippen molar-refractivity contribution in [2.24, 2.45) is 5.41 Å². The predicted octanol–water partition coefficient (Wildman–Crippen LogP) is 1.89. The molecule has 1 N–H and O–H groups in total. The summed E-state index contributed by atoms with van der Waals surface area (Å²) in [6, 6.07) is 3.62. The molecular formula is C13H16N4O3. The maximum Gasteiger partial charge on any atom is 0.311 e. The molecule has 1 aliphatic rings. The summed E-state index contributed by atoms with van der Waals surface area (Å²) in [5, 5.41) is 21.0. The quantitative estimate of drug-likeness (QED) is 0.916. The number of rotatable bonds is 4. The van der Waals surface area contributed by atoms with Gasteiger partial charge in [0.05, 0.1) is 12.0 Å². The number of carbonyl (C=O) groups is 1. The SMILES string of the molecule is Cc1ccc(-c2nnnn2CC2(C(=O)O)CCCC2)o1. The van der Waals surface area contributed by atoms with Gasteiger partial charge in [-0.25, -0.2) is 4.68 Å². The van der Waals surface area contributed by atoms with E-state index in [1.54, 1.807) is 6.07 Å². The summed E-state index contributed by atoms with van der Waals surface area (Å²) in [6.07, 6.45) is 3.20. The minimum Gasteiger partial charge on any atom is -0.481 e. The summed E-state index contributed by atoms with van der Waals surface area (Å²) in [5.74, 6) is 1.03. The van der Waals surface area contributed by atoms with Crippen molar-refractivity contribution in [2.75, 3.05) is 0 Å². The molecule has 0 saturated heterocycles. The third-order valence-electron chi connectivity index (χ3n) is 3.96. The van der Waals surface area contributed by atoms with Crippen molar-refractivity contribution in [1.82, 2.24) is 20.2 Å². The van der Waals surface area contributed by atoms with E-state index in [0.717, 1.165) is 18.6 Å². The van der Waals surface area contributed by atoms with Crippen molar-refractivity contribution < 1.29 is 14.3 Å². The Hall–Kier alpha value is -2.18. The van der Waals surface area contributed by atoms with E-state index in [0.29, 0.717) is 24.4 Å². The van der Waals surface area contributed by atoms with Crippen molar-refractivity contribution in [2.45, 2.75) is 39.2 Å². The summed E-state index contributed by atoms with van der Waals surface area (Å²) in [7, 11) is 0. The molecule has 2 heterocycles. The van der Waals surface area contributed by atoms with Crippen LogP contribution in [0.25, 0.3) is 11.6 Å². The van der Waals surface area contributed by atoms with Crippen molar-refractivity contribution in [3.63, 3.8) is 0 Å². The van der Waals surface area contributed by atoms with Crippen LogP contribution in [0.15, 0.2) is 16.5 Å². The molecule has 1 aliphatic carbocycles. The Bertz CT molecular complexity index is 625. The highest BCUT2D eigenvalue weighted by molar-refractivity contribution is 5.75. The Balaban J connectivity index is 1.92. The first kappa shape index (κ1) is 12.8. The van der Waals surface area contributed by atoms with Gasteiger partial charge in [-0.2, -0.15) is 0 Å². The van der Waals surface area contributed by atoms with Gasteiger partial charge in [0.25, 0.3) is 0 Å². The van der Waals surface area contributed by atoms with Gasteiger partial charge in [-0.05, 0) is 42.3 Å². The first-order chi connectivity index (χ1) is 9.61. The second kappa shape index (κ2) is 4.73. The minimum atomic E-state index is -0.771. The Morgan fingerprint density at radius 3 is 2.80 bits per heavy atom. The Morgan fingerprint density at radius 1 is 1.45 bits per heavy atom. The number of aryl methyl sites for hydroxylation is 1. The lowest BCUT2D eigenvalue weighted by Crippen LogP contribution is -2.33. The second-order valence-electron chi connectivity index (χ2n) is 5.36. The molecule has 1 fully saturated rings. The third-order valence-corrected chi connectivity index (χ3v) is 3.96. The van der Waals surface area contributed by atoms with Crippen LogP contribution in [0.3, 0.4) is 0 Å². The number of carboxylic acids is 1. The van der Waals surface area contributed by atoms with Crippen molar-refractivity contribution >= 4 is 5.97 Å². The molecule has 2 aromatic heterocycles. The summed E-state index contributed by atoms with van der Waals surface area (Å²) < 4.78 is 7.06. The lowest BCUT2D eigenvalue weighted by Gasteiger charge is -2.23. The number of aliphatic carboxylic acids is 1. The van der Waals surface area contributed by atoms with Crippen LogP contribution in [0.4, 0.5) is 0 Å². The molecule has 0 radical (unpaired) electrons. The van der Waals surface area contributed by atoms with E-state index in [1.807, 2.05) is 13.0 Å². The van der Waals surface area contributed by atoms with Gasteiger partial charge >= 0.3 is 5.97 Å². The summed E-state index contributed by atoms with van der Waals surface area (Å²) in [6.45, 7) is 2.12. The maximum atomic E-state index is 11.6. The molecule has 7 nitrogen and oxygen atoms in total. The number of furan rings is 1. The van der Waals surface area contributed by atoms with E-state index >= 15 is 0 Å². The molecule has 7 heteroatoms. The summed E-state index contributed by atoms with van der Waals surface area (Å²) >= 11 is 0. The normalized spacial score (nSPS) is 17.4. The predicted molar refractivity (Wildman–Crippen MR) is 68.8 cm³/mol. The van der Waals surface area contributed by atoms with Crippen molar-refractivity contribution in [3.05, 3.63) is 17.9 Å². The zero-order valence-electron chi connectivity index (χ0n) is 11.2. The van der Waals surface area contributed by atoms with Crippen LogP contribution in [0.2, 0.25) is 0 Å². The molecule has 0 aromatic carbocycles. The largest absolute Gasteiger partial charge is 0.481 e. The lowest BCUT2D eigenvalue weighted by molar-refractivity contribution is -0.149. The fraction of sp³-hybridized carbons (Fsp3) is 0.538. The van der Waals surface area contributed by atoms with Gasteiger partial charge in [0.2, 0.25) is 5.82 Å². The average Bonchev–Trinajstić information content (AvgIpc) is 3.10. The molecule has 3 rings (SSSR count). The van der Waals surface area contributed by atoms with E-state index in [-0.39, 0.29) is 6.54 Å². The molecule has 0 aliphatic heterocycles. The Labute approximate surface area is 115 Å². The highest BCUT2D eigenvalue weighted by atomic mass is 16.4. The topological polar surface area (TPSA) is 94.0 Å². The first-order valence-electron chi connectivity index (χ1n) is 6.67. The standard InChI is InChI=1S/C13H16N4O3/c1-9-4-5-10(20-9)11-14-15-16-17(11)8-13(12(18)19)6-2-3-7-13/h4-5H,2-3,6-8H2,1H3,(H,18,19). The molecule has 0 atom stereocenters. The van der Waals surface area contributed by atoms with Crippen LogP contribution in [0.1, 0.15) is 31.4 Å². The molecule has 106 valence electrons. The molecule has 0 spiro atoms. The zero-order valence-corrected chi connectivity index (χ0v) is 11.2. The van der Waals surface area contributed by atoms with E-state index in [1.165, 1.54) is 4.68 Å². The van der Waals surface area contributed by atoms with Gasteiger partial charge in [0, 0.05) is 0 Å². The van der Waals surface area contributed by atoms with Crippen molar-refractivity contribution in [3.8, 4) is 11.6 Å². The maximum absolute atomic E-state index is 11.6. The lowest BCUT2D eigenvalue weighted by atomic mass is 9.86. The highest BCUT2D eigenvalue weighted by Gasteiger charge is 2.42. The van der Waals surface area contributed by atoms with Crippen LogP contribution in [-0.4, -0.2) is 31.3 Å². The van der Waals surface area contributed by atoms with Gasteiger partial charge in [0.15, 0.2) is 5.76 Å². The Kier molecular flexibility index (Phi) is 3.04. The number of hydrogen-bond donors (Lipinski definition) is 1. The van der Waals surface area contributed by atoms with Crippen LogP contribution in [0, 0.1) is 12.3 Å². The van der Waals surface area contributed by atoms with Gasteiger partial charge in [-0.15, -0.1) is 5.10 Å². The Morgan fingerprint density at radius 2 is 2.20 bits per heavy atom. The smallest absolute Gasteiger partial charge is 0.311 e. The first-order valence-corrected chi connectivity index (χ1v) is 6.67. The molecule has 0 bridgehead atoms. The van der Waals surface area contributed by atoms with Gasteiger partial charge in [0.1, 0.15) is 5.76 Å². The van der Waals surface area contributed by atoms with Gasteiger partial charge in [-0.3, -0.25) is 4.79 Å². The van der Waals surface area contributed by atoms with Crippen molar-refractivity contribution in [1.29, 1.82) is 0 Å². The van der Waals surface area contributed by atoms with Gasteiger partial charge < -0.3 is 9.52 Å². The molecule has 2 aromatic rings. The fourth-order valence-electron chi connectivity index (χ4n) is 2.82. The molecule has 20 heavy (non-hydrogen) atoms. The van der Waals surface area contributed by atoms with Crippen LogP contribution >= 0.6 is 0 Å². The molecule has 0 unspecified atom stereocenters. The number of carboxylic acid groups (broad SMARTS) is 1. The third kappa shape index (κ3) is 2.09. The van der Waals surface area contributed by atoms with E-state index in [9.17, 15) is 9.90 Å². The van der Waals surface area contributed by atoms with Crippen LogP contribution < -0.4 is 0 Å². The fourth-order valence-corrected chi connectivity index (χ4v) is 2.82. The molecular weight excluding hydrogens is 260 g/mol. The monoisotopic (exact) mass is 276 g/mol. The van der Waals surface area contributed by atoms with Crippen LogP contribution in [-0.2, 0) is 11.3 Å². The second-order valence-corrected chi connectivity index (χ2v) is 5.36. The van der Waals surface area contributed by atoms with Gasteiger partial charge in [-0.1, -0.05) is 12.8 Å². The van der Waals surface area contributed by atoms with E-state index in [4.69, 9.17) is 4.42 Å². The summed E-state index contributed by atoms with van der Waals surface area (Å²) in [4.78, 5) is 11.6. The molecule has 1 saturated carbocycles. The number of hydrogen-bond acceptors (Lipinski definition) is 5. The molecule has 0 amide bonds. The number of nitrogens with zero attached hydrogens (tertiary/aromatic N) is 4. The van der Waals surface area contributed by atoms with E-state index in [2.05, 4.69) is 15.5 Å². The van der Waals surface area contributed by atoms with E-state index < -0.39 is 11.4 Å². The van der Waals surface area contributed by atoms with Crippen LogP contribution in [0.5, 0.6) is 0 Å². The number of tetrazole rings is 1. The summed E-state index contributed by atoms with van der Waals surface area (Å²) in [5.41, 5.74) is -0.758. The minimum absolute atomic E-state index is 0.282. The average molecular weight is 276 g/mol. The number of aromatic nitrogens is 4.